The fraction of sp³-hybridized carbons (Fsp3) is 0.933. The van der Waals surface area contributed by atoms with Crippen molar-refractivity contribution in [1.29, 1.82) is 0 Å². The molecule has 0 radical (unpaired) electrons. The number of hydrogen-bond acceptors (Lipinski definition) is 2. The number of halogens is 1. The lowest BCUT2D eigenvalue weighted by molar-refractivity contribution is -0.109. The molecule has 4 heteroatoms. The molecule has 0 amide bonds. The van der Waals surface area contributed by atoms with Gasteiger partial charge in [0.1, 0.15) is 6.29 Å². The Kier molecular flexibility index (Phi) is 8.49. The van der Waals surface area contributed by atoms with E-state index in [9.17, 15) is 4.79 Å². The van der Waals surface area contributed by atoms with Crippen molar-refractivity contribution in [3.05, 3.63) is 0 Å². The van der Waals surface area contributed by atoms with Gasteiger partial charge >= 0.3 is 0 Å². The summed E-state index contributed by atoms with van der Waals surface area (Å²) in [6.45, 7) is 13.2. The average Bonchev–Trinajstić information content (AvgIpc) is 2.27. The molecule has 19 heavy (non-hydrogen) atoms. The molecule has 0 aromatic carbocycles. The molecule has 0 saturated heterocycles. The van der Waals surface area contributed by atoms with Crippen LogP contribution in [0, 0.1) is 0 Å². The van der Waals surface area contributed by atoms with E-state index in [4.69, 9.17) is 16.0 Å². The normalized spacial score (nSPS) is 16.2. The summed E-state index contributed by atoms with van der Waals surface area (Å²) < 4.78 is 6.31. The topological polar surface area (TPSA) is 26.3 Å². The first-order valence-corrected chi connectivity index (χ1v) is 10.8. The second-order valence-corrected chi connectivity index (χ2v) is 12.1. The van der Waals surface area contributed by atoms with Crippen molar-refractivity contribution in [3.8, 4) is 0 Å². The highest BCUT2D eigenvalue weighted by Gasteiger charge is 2.40. The van der Waals surface area contributed by atoms with E-state index < -0.39 is 8.32 Å². The van der Waals surface area contributed by atoms with Crippen LogP contribution >= 0.6 is 11.6 Å². The zero-order valence-corrected chi connectivity index (χ0v) is 15.2. The molecular formula is C15H31ClO2Si. The predicted octanol–water partition coefficient (Wildman–Crippen LogP) is 5.15. The minimum atomic E-state index is -1.86. The van der Waals surface area contributed by atoms with Crippen molar-refractivity contribution in [2.75, 3.05) is 0 Å². The van der Waals surface area contributed by atoms with E-state index in [1.807, 2.05) is 0 Å². The number of rotatable bonds is 9. The van der Waals surface area contributed by atoms with Gasteiger partial charge in [-0.3, -0.25) is 0 Å². The fourth-order valence-electron chi connectivity index (χ4n) is 1.69. The predicted molar refractivity (Wildman–Crippen MR) is 86.5 cm³/mol. The average molecular weight is 307 g/mol. The van der Waals surface area contributed by atoms with Gasteiger partial charge in [0.2, 0.25) is 0 Å². The summed E-state index contributed by atoms with van der Waals surface area (Å²) in [5, 5.41) is 0.0969. The number of hydrogen-bond donors (Lipinski definition) is 0. The largest absolute Gasteiger partial charge is 0.412 e. The fourth-order valence-corrected chi connectivity index (χ4v) is 3.46. The third kappa shape index (κ3) is 6.91. The Hall–Kier alpha value is 0.137. The number of aldehydes is 1. The summed E-state index contributed by atoms with van der Waals surface area (Å²) in [4.78, 5) is 10.9. The molecule has 0 saturated carbocycles. The molecule has 114 valence electrons. The highest BCUT2D eigenvalue weighted by atomic mass is 35.5. The molecule has 0 aliphatic rings. The lowest BCUT2D eigenvalue weighted by Crippen LogP contribution is -2.46. The van der Waals surface area contributed by atoms with Crippen molar-refractivity contribution in [2.45, 2.75) is 89.4 Å². The molecule has 0 heterocycles. The first-order chi connectivity index (χ1) is 8.65. The van der Waals surface area contributed by atoms with E-state index in [0.29, 0.717) is 6.42 Å². The van der Waals surface area contributed by atoms with Crippen LogP contribution in [0.1, 0.15) is 59.8 Å². The summed E-state index contributed by atoms with van der Waals surface area (Å²) in [5.41, 5.74) is 0. The summed E-state index contributed by atoms with van der Waals surface area (Å²) in [6, 6.07) is 0. The van der Waals surface area contributed by atoms with Crippen LogP contribution in [0.25, 0.3) is 0 Å². The summed E-state index contributed by atoms with van der Waals surface area (Å²) in [6.07, 6.45) is 5.64. The van der Waals surface area contributed by atoms with Crippen LogP contribution in [0.2, 0.25) is 18.1 Å². The Morgan fingerprint density at radius 2 is 1.84 bits per heavy atom. The van der Waals surface area contributed by atoms with Gasteiger partial charge in [-0.05, 0) is 24.6 Å². The smallest absolute Gasteiger partial charge is 0.192 e. The number of carbonyl (C=O) groups is 1. The van der Waals surface area contributed by atoms with Crippen LogP contribution in [0.5, 0.6) is 0 Å². The zero-order chi connectivity index (χ0) is 15.1. The maximum absolute atomic E-state index is 10.9. The van der Waals surface area contributed by atoms with Crippen LogP contribution < -0.4 is 0 Å². The zero-order valence-electron chi connectivity index (χ0n) is 13.5. The second kappa shape index (κ2) is 8.43. The van der Waals surface area contributed by atoms with Gasteiger partial charge in [-0.1, -0.05) is 47.0 Å². The monoisotopic (exact) mass is 306 g/mol. The molecule has 0 N–H and O–H groups in total. The van der Waals surface area contributed by atoms with E-state index in [1.165, 1.54) is 12.8 Å². The van der Waals surface area contributed by atoms with Gasteiger partial charge in [0.05, 0.1) is 11.5 Å². The third-order valence-electron chi connectivity index (χ3n) is 4.07. The Labute approximate surface area is 125 Å². The number of carbonyl (C=O) groups excluding carboxylic acids is 1. The van der Waals surface area contributed by atoms with Gasteiger partial charge in [-0.15, -0.1) is 11.6 Å². The molecule has 0 aliphatic heterocycles. The maximum Gasteiger partial charge on any atom is 0.192 e. The van der Waals surface area contributed by atoms with Crippen molar-refractivity contribution in [1.82, 2.24) is 0 Å². The van der Waals surface area contributed by atoms with Gasteiger partial charge < -0.3 is 9.22 Å². The molecule has 0 aromatic heterocycles. The first-order valence-electron chi connectivity index (χ1n) is 7.41. The number of unbranched alkanes of at least 4 members (excludes halogenated alkanes) is 2. The van der Waals surface area contributed by atoms with Crippen LogP contribution in [0.15, 0.2) is 0 Å². The standard InChI is InChI=1S/C15H31ClO2Si/c1-7-8-9-10-13(16)14(11-12-17)18-19(5,6)15(2,3)4/h12-14H,7-11H2,1-6H3/t13-,14+/m1/s1. The molecule has 0 unspecified atom stereocenters. The second-order valence-electron chi connectivity index (χ2n) is 6.83. The minimum absolute atomic E-state index is 0.0501. The quantitative estimate of drug-likeness (QED) is 0.255. The molecule has 0 aromatic rings. The molecule has 0 rings (SSSR count). The van der Waals surface area contributed by atoms with E-state index in [1.54, 1.807) is 0 Å². The Balaban J connectivity index is 4.59. The van der Waals surface area contributed by atoms with Crippen LogP contribution in [-0.2, 0) is 9.22 Å². The van der Waals surface area contributed by atoms with Crippen LogP contribution in [-0.4, -0.2) is 26.1 Å². The first kappa shape index (κ1) is 19.1. The molecule has 0 aliphatic carbocycles. The highest BCUT2D eigenvalue weighted by Crippen LogP contribution is 2.38. The Morgan fingerprint density at radius 3 is 2.26 bits per heavy atom. The summed E-state index contributed by atoms with van der Waals surface area (Å²) in [7, 11) is -1.86. The summed E-state index contributed by atoms with van der Waals surface area (Å²) >= 11 is 6.46. The van der Waals surface area contributed by atoms with Gasteiger partial charge in [-0.2, -0.15) is 0 Å². The SMILES string of the molecule is CCCCC[C@@H](Cl)[C@H](CC=O)O[Si](C)(C)C(C)(C)C. The molecule has 0 bridgehead atoms. The van der Waals surface area contributed by atoms with Crippen LogP contribution in [0.4, 0.5) is 0 Å². The van der Waals surface area contributed by atoms with Crippen molar-refractivity contribution >= 4 is 26.2 Å². The van der Waals surface area contributed by atoms with Crippen LogP contribution in [0.3, 0.4) is 0 Å². The van der Waals surface area contributed by atoms with Gasteiger partial charge in [0.25, 0.3) is 0 Å². The Bertz CT molecular complexity index is 261. The third-order valence-corrected chi connectivity index (χ3v) is 9.07. The highest BCUT2D eigenvalue weighted by molar-refractivity contribution is 6.74. The van der Waals surface area contributed by atoms with Gasteiger partial charge in [-0.25, -0.2) is 0 Å². The van der Waals surface area contributed by atoms with E-state index in [2.05, 4.69) is 40.8 Å². The summed E-state index contributed by atoms with van der Waals surface area (Å²) in [5.74, 6) is 0. The van der Waals surface area contributed by atoms with Gasteiger partial charge in [0.15, 0.2) is 8.32 Å². The van der Waals surface area contributed by atoms with E-state index in [-0.39, 0.29) is 16.5 Å². The number of alkyl halides is 1. The van der Waals surface area contributed by atoms with Gasteiger partial charge in [0, 0.05) is 6.42 Å². The molecule has 0 spiro atoms. The lowest BCUT2D eigenvalue weighted by Gasteiger charge is -2.40. The van der Waals surface area contributed by atoms with Crippen molar-refractivity contribution < 1.29 is 9.22 Å². The van der Waals surface area contributed by atoms with Crippen molar-refractivity contribution in [3.63, 3.8) is 0 Å². The minimum Gasteiger partial charge on any atom is -0.412 e. The molecule has 0 fully saturated rings. The molecule has 2 nitrogen and oxygen atoms in total. The molecule has 2 atom stereocenters. The Morgan fingerprint density at radius 1 is 1.26 bits per heavy atom. The lowest BCUT2D eigenvalue weighted by atomic mass is 10.1. The maximum atomic E-state index is 10.9. The van der Waals surface area contributed by atoms with E-state index >= 15 is 0 Å². The van der Waals surface area contributed by atoms with Crippen molar-refractivity contribution in [2.24, 2.45) is 0 Å². The molecular weight excluding hydrogens is 276 g/mol. The van der Waals surface area contributed by atoms with E-state index in [0.717, 1.165) is 19.1 Å².